The van der Waals surface area contributed by atoms with E-state index in [1.54, 1.807) is 12.1 Å². The van der Waals surface area contributed by atoms with Crippen molar-refractivity contribution < 1.29 is 4.79 Å². The predicted molar refractivity (Wildman–Crippen MR) is 86.9 cm³/mol. The summed E-state index contributed by atoms with van der Waals surface area (Å²) in [6.07, 6.45) is 0.916. The van der Waals surface area contributed by atoms with E-state index in [1.807, 2.05) is 29.2 Å². The van der Waals surface area contributed by atoms with Crippen molar-refractivity contribution in [1.29, 1.82) is 0 Å². The summed E-state index contributed by atoms with van der Waals surface area (Å²) in [4.78, 5) is 14.2. The van der Waals surface area contributed by atoms with Crippen molar-refractivity contribution in [1.82, 2.24) is 0 Å². The Labute approximate surface area is 128 Å². The zero-order valence-electron chi connectivity index (χ0n) is 11.5. The molecule has 0 radical (unpaired) electrons. The second kappa shape index (κ2) is 5.66. The molecule has 4 nitrogen and oxygen atoms in total. The molecule has 21 heavy (non-hydrogen) atoms. The first-order chi connectivity index (χ1) is 10.1. The molecule has 0 fully saturated rings. The number of nitrogens with one attached hydrogen (secondary N) is 1. The van der Waals surface area contributed by atoms with Gasteiger partial charge in [-0.3, -0.25) is 4.79 Å². The molecule has 1 aliphatic heterocycles. The van der Waals surface area contributed by atoms with Crippen LogP contribution in [0.1, 0.15) is 5.56 Å². The monoisotopic (exact) mass is 301 g/mol. The van der Waals surface area contributed by atoms with Gasteiger partial charge in [-0.1, -0.05) is 35.9 Å². The SMILES string of the molecule is Nc1cccc2c1N(CC(=O)Nc1ccccc1Cl)CC2. The van der Waals surface area contributed by atoms with Crippen molar-refractivity contribution in [2.24, 2.45) is 0 Å². The Hall–Kier alpha value is -2.20. The third-order valence-corrected chi connectivity index (χ3v) is 3.93. The van der Waals surface area contributed by atoms with E-state index in [0.717, 1.165) is 24.3 Å². The highest BCUT2D eigenvalue weighted by Crippen LogP contribution is 2.33. The molecular formula is C16H16ClN3O. The van der Waals surface area contributed by atoms with Crippen LogP contribution in [0.3, 0.4) is 0 Å². The molecule has 3 N–H and O–H groups in total. The van der Waals surface area contributed by atoms with Crippen LogP contribution in [0.2, 0.25) is 5.02 Å². The lowest BCUT2D eigenvalue weighted by molar-refractivity contribution is -0.114. The van der Waals surface area contributed by atoms with Gasteiger partial charge in [-0.15, -0.1) is 0 Å². The van der Waals surface area contributed by atoms with Crippen LogP contribution in [0, 0.1) is 0 Å². The first kappa shape index (κ1) is 13.8. The minimum atomic E-state index is -0.0980. The van der Waals surface area contributed by atoms with Gasteiger partial charge in [-0.2, -0.15) is 0 Å². The third-order valence-electron chi connectivity index (χ3n) is 3.60. The molecule has 1 aliphatic rings. The Balaban J connectivity index is 1.72. The van der Waals surface area contributed by atoms with Gasteiger partial charge in [-0.05, 0) is 30.2 Å². The summed E-state index contributed by atoms with van der Waals surface area (Å²) in [5, 5.41) is 3.37. The van der Waals surface area contributed by atoms with Gasteiger partial charge in [0.1, 0.15) is 0 Å². The number of hydrogen-bond donors (Lipinski definition) is 2. The number of halogens is 1. The molecular weight excluding hydrogens is 286 g/mol. The number of nitrogen functional groups attached to an aromatic ring is 1. The average Bonchev–Trinajstić information content (AvgIpc) is 2.86. The van der Waals surface area contributed by atoms with Crippen LogP contribution < -0.4 is 16.0 Å². The summed E-state index contributed by atoms with van der Waals surface area (Å²) in [5.74, 6) is -0.0980. The zero-order chi connectivity index (χ0) is 14.8. The van der Waals surface area contributed by atoms with Gasteiger partial charge >= 0.3 is 0 Å². The number of para-hydroxylation sites is 2. The predicted octanol–water partition coefficient (Wildman–Crippen LogP) is 2.92. The standard InChI is InChI=1S/C16H16ClN3O/c17-12-5-1-2-7-14(12)19-15(21)10-20-9-8-11-4-3-6-13(18)16(11)20/h1-7H,8-10,18H2,(H,19,21). The number of fused-ring (bicyclic) bond motifs is 1. The van der Waals surface area contributed by atoms with E-state index in [-0.39, 0.29) is 12.5 Å². The second-order valence-corrected chi connectivity index (χ2v) is 5.46. The molecule has 0 aromatic heterocycles. The number of amides is 1. The molecule has 0 spiro atoms. The normalized spacial score (nSPS) is 13.1. The highest BCUT2D eigenvalue weighted by molar-refractivity contribution is 6.33. The van der Waals surface area contributed by atoms with E-state index in [0.29, 0.717) is 10.7 Å². The van der Waals surface area contributed by atoms with Crippen LogP contribution in [0.5, 0.6) is 0 Å². The fourth-order valence-electron chi connectivity index (χ4n) is 2.65. The maximum absolute atomic E-state index is 12.2. The van der Waals surface area contributed by atoms with Crippen molar-refractivity contribution in [2.75, 3.05) is 29.0 Å². The number of carbonyl (C=O) groups excluding carboxylic acids is 1. The molecule has 108 valence electrons. The molecule has 2 aromatic carbocycles. The van der Waals surface area contributed by atoms with Crippen molar-refractivity contribution in [3.63, 3.8) is 0 Å². The molecule has 0 saturated carbocycles. The Kier molecular flexibility index (Phi) is 3.71. The largest absolute Gasteiger partial charge is 0.397 e. The number of nitrogens with two attached hydrogens (primary N) is 1. The van der Waals surface area contributed by atoms with Gasteiger partial charge in [0.2, 0.25) is 5.91 Å². The van der Waals surface area contributed by atoms with Crippen LogP contribution in [-0.4, -0.2) is 19.0 Å². The summed E-state index contributed by atoms with van der Waals surface area (Å²) in [6.45, 7) is 1.08. The first-order valence-electron chi connectivity index (χ1n) is 6.82. The van der Waals surface area contributed by atoms with Crippen LogP contribution in [0.15, 0.2) is 42.5 Å². The quantitative estimate of drug-likeness (QED) is 0.857. The van der Waals surface area contributed by atoms with Gasteiger partial charge in [0, 0.05) is 6.54 Å². The average molecular weight is 302 g/mol. The van der Waals surface area contributed by atoms with Crippen molar-refractivity contribution >= 4 is 34.6 Å². The lowest BCUT2D eigenvalue weighted by Crippen LogP contribution is -2.32. The number of rotatable bonds is 3. The maximum Gasteiger partial charge on any atom is 0.243 e. The first-order valence-corrected chi connectivity index (χ1v) is 7.19. The zero-order valence-corrected chi connectivity index (χ0v) is 12.2. The molecule has 1 amide bonds. The molecule has 0 bridgehead atoms. The fraction of sp³-hybridized carbons (Fsp3) is 0.188. The van der Waals surface area contributed by atoms with E-state index in [4.69, 9.17) is 17.3 Å². The molecule has 0 aliphatic carbocycles. The summed E-state index contributed by atoms with van der Waals surface area (Å²) >= 11 is 6.04. The van der Waals surface area contributed by atoms with Crippen LogP contribution in [0.4, 0.5) is 17.1 Å². The fourth-order valence-corrected chi connectivity index (χ4v) is 2.83. The molecule has 5 heteroatoms. The molecule has 3 rings (SSSR count). The third kappa shape index (κ3) is 2.81. The molecule has 2 aromatic rings. The lowest BCUT2D eigenvalue weighted by Gasteiger charge is -2.20. The maximum atomic E-state index is 12.2. The molecule has 0 unspecified atom stereocenters. The summed E-state index contributed by atoms with van der Waals surface area (Å²) in [5.41, 5.74) is 9.54. The van der Waals surface area contributed by atoms with Gasteiger partial charge in [0.25, 0.3) is 0 Å². The Morgan fingerprint density at radius 1 is 1.24 bits per heavy atom. The topological polar surface area (TPSA) is 58.4 Å². The number of hydrogen-bond acceptors (Lipinski definition) is 3. The Morgan fingerprint density at radius 2 is 2.05 bits per heavy atom. The van der Waals surface area contributed by atoms with Crippen molar-refractivity contribution in [3.05, 3.63) is 53.1 Å². The number of anilines is 3. The second-order valence-electron chi connectivity index (χ2n) is 5.05. The minimum absolute atomic E-state index is 0.0980. The van der Waals surface area contributed by atoms with E-state index >= 15 is 0 Å². The van der Waals surface area contributed by atoms with Crippen molar-refractivity contribution in [3.8, 4) is 0 Å². The van der Waals surface area contributed by atoms with E-state index in [9.17, 15) is 4.79 Å². The molecule has 0 saturated heterocycles. The number of carbonyl (C=O) groups is 1. The number of benzene rings is 2. The minimum Gasteiger partial charge on any atom is -0.397 e. The van der Waals surface area contributed by atoms with Crippen LogP contribution >= 0.6 is 11.6 Å². The van der Waals surface area contributed by atoms with E-state index in [2.05, 4.69) is 11.4 Å². The summed E-state index contributed by atoms with van der Waals surface area (Å²) < 4.78 is 0. The van der Waals surface area contributed by atoms with Crippen LogP contribution in [0.25, 0.3) is 0 Å². The Bertz CT molecular complexity index is 687. The molecule has 1 heterocycles. The van der Waals surface area contributed by atoms with Crippen LogP contribution in [-0.2, 0) is 11.2 Å². The van der Waals surface area contributed by atoms with Gasteiger partial charge in [-0.25, -0.2) is 0 Å². The highest BCUT2D eigenvalue weighted by Gasteiger charge is 2.23. The van der Waals surface area contributed by atoms with E-state index in [1.165, 1.54) is 5.56 Å². The van der Waals surface area contributed by atoms with Gasteiger partial charge < -0.3 is 16.0 Å². The number of nitrogens with zero attached hydrogens (tertiary/aromatic N) is 1. The summed E-state index contributed by atoms with van der Waals surface area (Å²) in [7, 11) is 0. The Morgan fingerprint density at radius 3 is 2.86 bits per heavy atom. The van der Waals surface area contributed by atoms with Gasteiger partial charge in [0.05, 0.1) is 28.6 Å². The van der Waals surface area contributed by atoms with E-state index < -0.39 is 0 Å². The van der Waals surface area contributed by atoms with Gasteiger partial charge in [0.15, 0.2) is 0 Å². The lowest BCUT2D eigenvalue weighted by atomic mass is 10.1. The molecule has 0 atom stereocenters. The summed E-state index contributed by atoms with van der Waals surface area (Å²) in [6, 6.07) is 13.1. The smallest absolute Gasteiger partial charge is 0.243 e. The van der Waals surface area contributed by atoms with Crippen molar-refractivity contribution in [2.45, 2.75) is 6.42 Å². The highest BCUT2D eigenvalue weighted by atomic mass is 35.5.